The number of amides is 2. The van der Waals surface area contributed by atoms with E-state index in [0.29, 0.717) is 22.1 Å². The summed E-state index contributed by atoms with van der Waals surface area (Å²) in [6, 6.07) is 13.4. The molecule has 0 radical (unpaired) electrons. The lowest BCUT2D eigenvalue weighted by Gasteiger charge is -2.25. The summed E-state index contributed by atoms with van der Waals surface area (Å²) in [4.78, 5) is 26.1. The molecular weight excluding hydrogens is 408 g/mol. The highest BCUT2D eigenvalue weighted by molar-refractivity contribution is 6.88. The summed E-state index contributed by atoms with van der Waals surface area (Å²) in [7, 11) is 0.0758. The zero-order chi connectivity index (χ0) is 22.6. The third-order valence-electron chi connectivity index (χ3n) is 5.90. The van der Waals surface area contributed by atoms with Crippen LogP contribution in [0.3, 0.4) is 0 Å². The van der Waals surface area contributed by atoms with E-state index in [1.807, 2.05) is 12.1 Å². The fourth-order valence-electron chi connectivity index (χ4n) is 3.88. The Morgan fingerprint density at radius 2 is 1.61 bits per heavy atom. The van der Waals surface area contributed by atoms with E-state index in [9.17, 15) is 14.8 Å². The van der Waals surface area contributed by atoms with Crippen LogP contribution in [0.15, 0.2) is 48.5 Å². The van der Waals surface area contributed by atoms with Gasteiger partial charge in [0.15, 0.2) is 0 Å². The monoisotopic (exact) mass is 440 g/mol. The first kappa shape index (κ1) is 23.0. The Kier molecular flexibility index (Phi) is 7.18. The molecule has 0 heterocycles. The van der Waals surface area contributed by atoms with E-state index in [4.69, 9.17) is 4.74 Å². The number of nitrogens with zero attached hydrogens (tertiary/aromatic N) is 1. The second-order valence-corrected chi connectivity index (χ2v) is 14.2. The third kappa shape index (κ3) is 5.54. The second kappa shape index (κ2) is 9.66. The molecule has 0 aromatic heterocycles. The number of hydroxylamine groups is 1. The summed E-state index contributed by atoms with van der Waals surface area (Å²) < 4.78 is 5.20. The van der Waals surface area contributed by atoms with Crippen LogP contribution in [0.25, 0.3) is 0 Å². The molecule has 1 aliphatic rings. The number of benzene rings is 2. The van der Waals surface area contributed by atoms with Crippen molar-refractivity contribution >= 4 is 30.8 Å². The lowest BCUT2D eigenvalue weighted by molar-refractivity contribution is -0.132. The van der Waals surface area contributed by atoms with Crippen molar-refractivity contribution < 1.29 is 19.5 Å². The molecule has 6 nitrogen and oxygen atoms in total. The molecule has 0 aliphatic heterocycles. The van der Waals surface area contributed by atoms with Gasteiger partial charge in [-0.1, -0.05) is 61.9 Å². The van der Waals surface area contributed by atoms with Gasteiger partial charge >= 0.3 is 0 Å². The molecule has 0 bridgehead atoms. The van der Waals surface area contributed by atoms with Crippen LogP contribution >= 0.6 is 0 Å². The highest BCUT2D eigenvalue weighted by Gasteiger charge is 2.31. The van der Waals surface area contributed by atoms with Crippen molar-refractivity contribution in [1.82, 2.24) is 5.32 Å². The van der Waals surface area contributed by atoms with Crippen LogP contribution in [-0.4, -0.2) is 32.2 Å². The quantitative estimate of drug-likeness (QED) is 0.387. The molecule has 31 heavy (non-hydrogen) atoms. The second-order valence-electron chi connectivity index (χ2n) is 9.14. The van der Waals surface area contributed by atoms with Crippen molar-refractivity contribution in [3.8, 4) is 5.75 Å². The largest absolute Gasteiger partial charge is 0.497 e. The maximum absolute atomic E-state index is 13.3. The number of hydrogen-bond acceptors (Lipinski definition) is 4. The first-order valence-corrected chi connectivity index (χ1v) is 14.3. The van der Waals surface area contributed by atoms with Crippen LogP contribution in [0, 0.1) is 5.92 Å². The van der Waals surface area contributed by atoms with Crippen molar-refractivity contribution in [2.45, 2.75) is 51.4 Å². The van der Waals surface area contributed by atoms with Crippen LogP contribution in [0.2, 0.25) is 19.6 Å². The molecule has 1 fully saturated rings. The van der Waals surface area contributed by atoms with Crippen LogP contribution < -0.4 is 20.3 Å². The summed E-state index contributed by atoms with van der Waals surface area (Å²) in [6.07, 6.45) is 3.70. The molecular formula is C24H32N2O4Si. The number of ether oxygens (including phenoxy) is 1. The van der Waals surface area contributed by atoms with Crippen LogP contribution in [0.4, 0.5) is 5.69 Å². The van der Waals surface area contributed by atoms with Crippen LogP contribution in [-0.2, 0) is 9.59 Å². The summed E-state index contributed by atoms with van der Waals surface area (Å²) in [5.74, 6) is -0.178. The zero-order valence-electron chi connectivity index (χ0n) is 18.7. The lowest BCUT2D eigenvalue weighted by atomic mass is 10.0. The normalized spacial score (nSPS) is 15.4. The maximum Gasteiger partial charge on any atom is 0.277 e. The fourth-order valence-corrected chi connectivity index (χ4v) is 5.05. The smallest absolute Gasteiger partial charge is 0.277 e. The Bertz CT molecular complexity index is 901. The molecule has 0 saturated heterocycles. The number of hydrogen-bond donors (Lipinski definition) is 2. The van der Waals surface area contributed by atoms with E-state index >= 15 is 0 Å². The van der Waals surface area contributed by atoms with Crippen LogP contribution in [0.1, 0.15) is 37.3 Å². The topological polar surface area (TPSA) is 78.9 Å². The molecule has 166 valence electrons. The molecule has 2 amide bonds. The van der Waals surface area contributed by atoms with Crippen molar-refractivity contribution in [1.29, 1.82) is 0 Å². The van der Waals surface area contributed by atoms with E-state index in [0.717, 1.165) is 25.7 Å². The molecule has 1 aliphatic carbocycles. The summed E-state index contributed by atoms with van der Waals surface area (Å²) >= 11 is 0. The highest BCUT2D eigenvalue weighted by atomic mass is 28.3. The molecule has 2 aromatic carbocycles. The number of carbonyl (C=O) groups is 2. The van der Waals surface area contributed by atoms with Crippen molar-refractivity contribution in [2.75, 3.05) is 12.2 Å². The first-order chi connectivity index (χ1) is 14.7. The summed E-state index contributed by atoms with van der Waals surface area (Å²) in [5.41, 5.74) is 0.968. The Hall–Kier alpha value is -2.64. The number of nitrogens with one attached hydrogen (secondary N) is 1. The van der Waals surface area contributed by atoms with Gasteiger partial charge in [-0.3, -0.25) is 14.8 Å². The van der Waals surface area contributed by atoms with Gasteiger partial charge in [-0.05, 0) is 42.7 Å². The van der Waals surface area contributed by atoms with Gasteiger partial charge in [-0.25, -0.2) is 0 Å². The number of anilines is 1. The molecule has 1 unspecified atom stereocenters. The van der Waals surface area contributed by atoms with E-state index in [2.05, 4.69) is 25.0 Å². The fraction of sp³-hybridized carbons (Fsp3) is 0.417. The molecule has 0 spiro atoms. The first-order valence-electron chi connectivity index (χ1n) is 10.8. The van der Waals surface area contributed by atoms with Gasteiger partial charge in [0.2, 0.25) is 5.91 Å². The van der Waals surface area contributed by atoms with Crippen molar-refractivity contribution in [2.24, 2.45) is 5.92 Å². The van der Waals surface area contributed by atoms with Crippen molar-refractivity contribution in [3.63, 3.8) is 0 Å². The Morgan fingerprint density at radius 1 is 1.03 bits per heavy atom. The van der Waals surface area contributed by atoms with E-state index in [-0.39, 0.29) is 11.8 Å². The average molecular weight is 441 g/mol. The molecule has 7 heteroatoms. The predicted molar refractivity (Wildman–Crippen MR) is 125 cm³/mol. The average Bonchev–Trinajstić information content (AvgIpc) is 3.31. The molecule has 1 atom stereocenters. The highest BCUT2D eigenvalue weighted by Crippen LogP contribution is 2.27. The van der Waals surface area contributed by atoms with E-state index in [1.54, 1.807) is 43.5 Å². The van der Waals surface area contributed by atoms with Gasteiger partial charge in [0.25, 0.3) is 5.91 Å². The summed E-state index contributed by atoms with van der Waals surface area (Å²) in [6.45, 7) is 6.71. The number of carbonyl (C=O) groups excluding carboxylic acids is 2. The van der Waals surface area contributed by atoms with Crippen molar-refractivity contribution in [3.05, 3.63) is 54.1 Å². The maximum atomic E-state index is 13.3. The Labute approximate surface area is 185 Å². The molecule has 1 saturated carbocycles. The van der Waals surface area contributed by atoms with Gasteiger partial charge in [-0.2, -0.15) is 5.06 Å². The Balaban J connectivity index is 1.85. The molecule has 2 N–H and O–H groups in total. The molecule has 3 rings (SSSR count). The number of methoxy groups -OCH3 is 1. The van der Waals surface area contributed by atoms with E-state index in [1.165, 1.54) is 5.19 Å². The minimum atomic E-state index is -1.49. The minimum Gasteiger partial charge on any atom is -0.497 e. The Morgan fingerprint density at radius 3 is 2.13 bits per heavy atom. The standard InChI is InChI=1S/C24H32N2O4Si/c1-30-20-13-9-17(10-14-20)22(25-23(27)18-7-5-6-8-18)24(28)26(29)19-11-15-21(16-12-19)31(2,3)4/h9-16,18,22,29H,5-8H2,1-4H3,(H,25,27). The zero-order valence-corrected chi connectivity index (χ0v) is 19.7. The van der Waals surface area contributed by atoms with Gasteiger partial charge in [0.1, 0.15) is 11.8 Å². The minimum absolute atomic E-state index is 0.0864. The van der Waals surface area contributed by atoms with Crippen LogP contribution in [0.5, 0.6) is 5.75 Å². The van der Waals surface area contributed by atoms with Gasteiger partial charge < -0.3 is 10.1 Å². The SMILES string of the molecule is COc1ccc(C(NC(=O)C2CCCC2)C(=O)N(O)c2ccc([Si](C)(C)C)cc2)cc1. The summed E-state index contributed by atoms with van der Waals surface area (Å²) in [5, 5.41) is 15.5. The predicted octanol–water partition coefficient (Wildman–Crippen LogP) is 4.01. The van der Waals surface area contributed by atoms with E-state index < -0.39 is 20.0 Å². The van der Waals surface area contributed by atoms with Gasteiger partial charge in [0, 0.05) is 5.92 Å². The lowest BCUT2D eigenvalue weighted by Crippen LogP contribution is -2.43. The molecule has 2 aromatic rings. The van der Waals surface area contributed by atoms with Gasteiger partial charge in [-0.15, -0.1) is 0 Å². The number of rotatable bonds is 7. The third-order valence-corrected chi connectivity index (χ3v) is 7.96. The van der Waals surface area contributed by atoms with Gasteiger partial charge in [0.05, 0.1) is 20.9 Å².